The van der Waals surface area contributed by atoms with Gasteiger partial charge in [0.05, 0.1) is 11.1 Å². The average molecular weight is 508 g/mol. The Morgan fingerprint density at radius 1 is 0.919 bits per heavy atom. The van der Waals surface area contributed by atoms with E-state index < -0.39 is 11.9 Å². The molecule has 4 rings (SSSR count). The molecule has 1 aromatic heterocycles. The molecule has 10 nitrogen and oxygen atoms in total. The van der Waals surface area contributed by atoms with Crippen molar-refractivity contribution >= 4 is 23.8 Å². The van der Waals surface area contributed by atoms with Crippen molar-refractivity contribution in [1.82, 2.24) is 14.8 Å². The summed E-state index contributed by atoms with van der Waals surface area (Å²) in [6.07, 6.45) is 10.3. The van der Waals surface area contributed by atoms with Crippen molar-refractivity contribution in [1.29, 1.82) is 0 Å². The second-order valence-electron chi connectivity index (χ2n) is 8.40. The van der Waals surface area contributed by atoms with E-state index in [-0.39, 0.29) is 18.4 Å². The van der Waals surface area contributed by atoms with Crippen molar-refractivity contribution in [2.24, 2.45) is 0 Å². The number of likely N-dealkylation sites (tertiary alicyclic amines) is 1. The van der Waals surface area contributed by atoms with Crippen LogP contribution in [0.4, 0.5) is 0 Å². The highest BCUT2D eigenvalue weighted by Crippen LogP contribution is 2.22. The molecule has 2 aliphatic rings. The van der Waals surface area contributed by atoms with Crippen LogP contribution >= 0.6 is 0 Å². The van der Waals surface area contributed by atoms with E-state index in [0.717, 1.165) is 19.6 Å². The zero-order valence-electron chi connectivity index (χ0n) is 20.3. The molecule has 0 aliphatic carbocycles. The van der Waals surface area contributed by atoms with Crippen LogP contribution in [0, 0.1) is 0 Å². The van der Waals surface area contributed by atoms with Crippen LogP contribution in [0.2, 0.25) is 0 Å². The normalized spacial score (nSPS) is 15.5. The first kappa shape index (κ1) is 27.3. The lowest BCUT2D eigenvalue weighted by Crippen LogP contribution is -2.29. The van der Waals surface area contributed by atoms with Gasteiger partial charge in [-0.2, -0.15) is 0 Å². The maximum atomic E-state index is 12.3. The standard InChI is InChI=1S/C23H25N3O3.C4H4O4/c27-22-19-8-2-3-9-20(19)23(28)26(22)14-6-7-15-29-21-16-18(10-11-24-21)17-25-12-4-1-5-13-25;5-3(6)1-2-4(7)8/h2-3,6-11,16H,1,4-5,12-15,17H2;1-2H,(H,5,6)(H,7,8)/b;2-1+. The number of piperidine rings is 1. The molecule has 0 unspecified atom stereocenters. The lowest BCUT2D eigenvalue weighted by Gasteiger charge is -2.26. The van der Waals surface area contributed by atoms with E-state index in [2.05, 4.69) is 9.88 Å². The number of aromatic nitrogens is 1. The summed E-state index contributed by atoms with van der Waals surface area (Å²) in [6, 6.07) is 10.9. The van der Waals surface area contributed by atoms with Gasteiger partial charge in [0.2, 0.25) is 5.88 Å². The van der Waals surface area contributed by atoms with Gasteiger partial charge in [0.15, 0.2) is 0 Å². The molecule has 2 N–H and O–H groups in total. The van der Waals surface area contributed by atoms with Crippen LogP contribution in [0.5, 0.6) is 5.88 Å². The summed E-state index contributed by atoms with van der Waals surface area (Å²) in [5.74, 6) is -2.42. The van der Waals surface area contributed by atoms with Crippen molar-refractivity contribution in [2.45, 2.75) is 25.8 Å². The number of ether oxygens (including phenoxy) is 1. The molecule has 1 aromatic carbocycles. The minimum absolute atomic E-state index is 0.234. The molecule has 2 aromatic rings. The summed E-state index contributed by atoms with van der Waals surface area (Å²) in [6.45, 7) is 3.80. The smallest absolute Gasteiger partial charge is 0.328 e. The Labute approximate surface area is 214 Å². The largest absolute Gasteiger partial charge is 0.478 e. The van der Waals surface area contributed by atoms with E-state index in [1.54, 1.807) is 36.5 Å². The van der Waals surface area contributed by atoms with Gasteiger partial charge in [0, 0.05) is 37.5 Å². The maximum Gasteiger partial charge on any atom is 0.328 e. The monoisotopic (exact) mass is 507 g/mol. The number of pyridine rings is 1. The lowest BCUT2D eigenvalue weighted by atomic mass is 10.1. The Hall–Kier alpha value is -4.31. The summed E-state index contributed by atoms with van der Waals surface area (Å²) in [4.78, 5) is 51.7. The van der Waals surface area contributed by atoms with E-state index in [9.17, 15) is 19.2 Å². The number of hydrogen-bond donors (Lipinski definition) is 2. The van der Waals surface area contributed by atoms with Crippen LogP contribution in [-0.2, 0) is 16.1 Å². The number of benzene rings is 1. The van der Waals surface area contributed by atoms with Gasteiger partial charge >= 0.3 is 11.9 Å². The summed E-state index contributed by atoms with van der Waals surface area (Å²) >= 11 is 0. The first-order valence-corrected chi connectivity index (χ1v) is 11.9. The molecule has 1 fully saturated rings. The van der Waals surface area contributed by atoms with Gasteiger partial charge < -0.3 is 14.9 Å². The Morgan fingerprint density at radius 3 is 2.14 bits per heavy atom. The second kappa shape index (κ2) is 13.7. The van der Waals surface area contributed by atoms with Crippen LogP contribution in [-0.4, -0.2) is 75.0 Å². The van der Waals surface area contributed by atoms with Crippen LogP contribution in [0.3, 0.4) is 0 Å². The summed E-state index contributed by atoms with van der Waals surface area (Å²) < 4.78 is 5.71. The molecule has 0 bridgehead atoms. The Morgan fingerprint density at radius 2 is 1.54 bits per heavy atom. The van der Waals surface area contributed by atoms with Gasteiger partial charge in [-0.15, -0.1) is 0 Å². The highest BCUT2D eigenvalue weighted by molar-refractivity contribution is 6.21. The van der Waals surface area contributed by atoms with Crippen LogP contribution in [0.1, 0.15) is 45.5 Å². The fourth-order valence-electron chi connectivity index (χ4n) is 3.93. The van der Waals surface area contributed by atoms with E-state index in [0.29, 0.717) is 35.8 Å². The molecule has 10 heteroatoms. The number of amides is 2. The Balaban J connectivity index is 0.000000414. The third-order valence-corrected chi connectivity index (χ3v) is 5.68. The summed E-state index contributed by atoms with van der Waals surface area (Å²) in [7, 11) is 0. The number of hydrogen-bond acceptors (Lipinski definition) is 7. The van der Waals surface area contributed by atoms with Gasteiger partial charge in [0.25, 0.3) is 11.8 Å². The number of aliphatic carboxylic acids is 2. The Kier molecular flexibility index (Phi) is 10.1. The SMILES string of the molecule is O=C(O)/C=C/C(=O)O.O=C1c2ccccc2C(=O)N1CC=CCOc1cc(CN2CCCCC2)ccn1. The summed E-state index contributed by atoms with van der Waals surface area (Å²) in [5, 5.41) is 15.6. The van der Waals surface area contributed by atoms with Gasteiger partial charge in [-0.25, -0.2) is 14.6 Å². The predicted octanol–water partition coefficient (Wildman–Crippen LogP) is 3.01. The lowest BCUT2D eigenvalue weighted by molar-refractivity contribution is -0.134. The van der Waals surface area contributed by atoms with Crippen molar-refractivity contribution in [3.05, 3.63) is 83.6 Å². The fourth-order valence-corrected chi connectivity index (χ4v) is 3.93. The number of fused-ring (bicyclic) bond motifs is 1. The number of imide groups is 1. The summed E-state index contributed by atoms with van der Waals surface area (Å²) in [5.41, 5.74) is 2.14. The molecule has 2 aliphatic heterocycles. The first-order chi connectivity index (χ1) is 17.8. The third-order valence-electron chi connectivity index (χ3n) is 5.68. The van der Waals surface area contributed by atoms with E-state index in [1.165, 1.54) is 29.7 Å². The van der Waals surface area contributed by atoms with Crippen molar-refractivity contribution < 1.29 is 34.1 Å². The minimum atomic E-state index is -1.26. The third kappa shape index (κ3) is 8.39. The average Bonchev–Trinajstić information content (AvgIpc) is 3.13. The van der Waals surface area contributed by atoms with Crippen LogP contribution < -0.4 is 4.74 Å². The van der Waals surface area contributed by atoms with Crippen molar-refractivity contribution in [3.63, 3.8) is 0 Å². The number of carbonyl (C=O) groups is 4. The first-order valence-electron chi connectivity index (χ1n) is 11.9. The van der Waals surface area contributed by atoms with Crippen LogP contribution in [0.25, 0.3) is 0 Å². The second-order valence-corrected chi connectivity index (χ2v) is 8.40. The zero-order chi connectivity index (χ0) is 26.6. The number of rotatable bonds is 9. The molecule has 0 saturated carbocycles. The van der Waals surface area contributed by atoms with Gasteiger partial charge in [-0.05, 0) is 55.8 Å². The molecule has 0 atom stereocenters. The van der Waals surface area contributed by atoms with Crippen molar-refractivity contribution in [2.75, 3.05) is 26.2 Å². The van der Waals surface area contributed by atoms with E-state index in [4.69, 9.17) is 14.9 Å². The molecule has 2 amide bonds. The maximum absolute atomic E-state index is 12.3. The topological polar surface area (TPSA) is 137 Å². The number of carboxylic acids is 2. The predicted molar refractivity (Wildman–Crippen MR) is 134 cm³/mol. The fraction of sp³-hybridized carbons (Fsp3) is 0.296. The van der Waals surface area contributed by atoms with Crippen molar-refractivity contribution in [3.8, 4) is 5.88 Å². The minimum Gasteiger partial charge on any atom is -0.478 e. The van der Waals surface area contributed by atoms with Gasteiger partial charge in [-0.3, -0.25) is 19.4 Å². The quantitative estimate of drug-likeness (QED) is 0.298. The highest BCUT2D eigenvalue weighted by Gasteiger charge is 2.34. The number of carbonyl (C=O) groups excluding carboxylic acids is 2. The molecular formula is C27H29N3O7. The van der Waals surface area contributed by atoms with Crippen LogP contribution in [0.15, 0.2) is 66.9 Å². The highest BCUT2D eigenvalue weighted by atomic mass is 16.5. The van der Waals surface area contributed by atoms with Gasteiger partial charge in [-0.1, -0.05) is 24.6 Å². The molecule has 0 spiro atoms. The van der Waals surface area contributed by atoms with Gasteiger partial charge in [0.1, 0.15) is 6.61 Å². The zero-order valence-corrected chi connectivity index (χ0v) is 20.3. The molecular weight excluding hydrogens is 478 g/mol. The Bertz CT molecular complexity index is 1140. The molecule has 3 heterocycles. The van der Waals surface area contributed by atoms with E-state index in [1.807, 2.05) is 18.2 Å². The number of carboxylic acid groups (broad SMARTS) is 2. The molecule has 1 saturated heterocycles. The molecule has 194 valence electrons. The van der Waals surface area contributed by atoms with E-state index >= 15 is 0 Å². The molecule has 0 radical (unpaired) electrons. The molecule has 37 heavy (non-hydrogen) atoms. The number of nitrogens with zero attached hydrogens (tertiary/aromatic N) is 3.